The molecule has 0 saturated carbocycles. The number of nitrogens with zero attached hydrogens (tertiary/aromatic N) is 4. The van der Waals surface area contributed by atoms with E-state index in [1.165, 1.54) is 0 Å². The summed E-state index contributed by atoms with van der Waals surface area (Å²) in [4.78, 5) is 35.9. The molecule has 1 saturated heterocycles. The van der Waals surface area contributed by atoms with Gasteiger partial charge in [0.15, 0.2) is 0 Å². The van der Waals surface area contributed by atoms with E-state index >= 15 is 0 Å². The minimum atomic E-state index is -0.242. The maximum atomic E-state index is 12.0. The molecular formula is C15H21N5O2. The fraction of sp³-hybridized carbons (Fsp3) is 0.467. The summed E-state index contributed by atoms with van der Waals surface area (Å²) in [5.41, 5.74) is 1.08. The van der Waals surface area contributed by atoms with Crippen LogP contribution in [-0.4, -0.2) is 59.4 Å². The molecule has 1 aromatic heterocycles. The zero-order chi connectivity index (χ0) is 16.1. The summed E-state index contributed by atoms with van der Waals surface area (Å²) in [6, 6.07) is 1.66. The van der Waals surface area contributed by atoms with Crippen LogP contribution in [-0.2, 0) is 4.79 Å². The van der Waals surface area contributed by atoms with Crippen molar-refractivity contribution in [2.75, 3.05) is 37.6 Å². The van der Waals surface area contributed by atoms with Crippen molar-refractivity contribution in [2.24, 2.45) is 0 Å². The highest BCUT2D eigenvalue weighted by Crippen LogP contribution is 2.13. The normalized spacial score (nSPS) is 14.6. The van der Waals surface area contributed by atoms with Gasteiger partial charge in [-0.2, -0.15) is 0 Å². The van der Waals surface area contributed by atoms with Crippen LogP contribution in [0, 0.1) is 6.92 Å². The van der Waals surface area contributed by atoms with Gasteiger partial charge in [-0.1, -0.05) is 6.08 Å². The SMILES string of the molecule is C=CCNC(=O)c1cc(C)nc(N2CCN(C(C)=O)CC2)n1. The Hall–Kier alpha value is -2.44. The minimum absolute atomic E-state index is 0.0781. The Balaban J connectivity index is 2.11. The van der Waals surface area contributed by atoms with Crippen molar-refractivity contribution in [3.63, 3.8) is 0 Å². The van der Waals surface area contributed by atoms with E-state index in [9.17, 15) is 9.59 Å². The molecule has 118 valence electrons. The van der Waals surface area contributed by atoms with Crippen LogP contribution < -0.4 is 10.2 Å². The van der Waals surface area contributed by atoms with Crippen LogP contribution in [0.5, 0.6) is 0 Å². The van der Waals surface area contributed by atoms with Crippen molar-refractivity contribution in [1.29, 1.82) is 0 Å². The van der Waals surface area contributed by atoms with E-state index in [-0.39, 0.29) is 11.8 Å². The molecule has 7 nitrogen and oxygen atoms in total. The number of carbonyl (C=O) groups is 2. The van der Waals surface area contributed by atoms with E-state index in [1.807, 2.05) is 11.8 Å². The van der Waals surface area contributed by atoms with Crippen LogP contribution >= 0.6 is 0 Å². The first-order valence-corrected chi connectivity index (χ1v) is 7.26. The van der Waals surface area contributed by atoms with E-state index in [1.54, 1.807) is 24.0 Å². The molecule has 1 aromatic rings. The molecule has 0 bridgehead atoms. The molecule has 0 aromatic carbocycles. The number of nitrogens with one attached hydrogen (secondary N) is 1. The first-order chi connectivity index (χ1) is 10.5. The molecule has 0 atom stereocenters. The molecule has 1 N–H and O–H groups in total. The van der Waals surface area contributed by atoms with Crippen LogP contribution in [0.2, 0.25) is 0 Å². The van der Waals surface area contributed by atoms with Crippen LogP contribution in [0.3, 0.4) is 0 Å². The Bertz CT molecular complexity index is 579. The lowest BCUT2D eigenvalue weighted by molar-refractivity contribution is -0.129. The molecule has 0 radical (unpaired) electrons. The van der Waals surface area contributed by atoms with Gasteiger partial charge in [-0.05, 0) is 13.0 Å². The van der Waals surface area contributed by atoms with E-state index < -0.39 is 0 Å². The second kappa shape index (κ2) is 7.02. The van der Waals surface area contributed by atoms with Crippen molar-refractivity contribution in [3.8, 4) is 0 Å². The van der Waals surface area contributed by atoms with Gasteiger partial charge < -0.3 is 15.1 Å². The molecule has 22 heavy (non-hydrogen) atoms. The maximum Gasteiger partial charge on any atom is 0.270 e. The summed E-state index contributed by atoms with van der Waals surface area (Å²) in [7, 11) is 0. The molecule has 1 aliphatic rings. The number of aromatic nitrogens is 2. The second-order valence-electron chi connectivity index (χ2n) is 5.19. The van der Waals surface area contributed by atoms with Gasteiger partial charge in [-0.15, -0.1) is 6.58 Å². The quantitative estimate of drug-likeness (QED) is 0.813. The molecule has 1 fully saturated rings. The van der Waals surface area contributed by atoms with Gasteiger partial charge in [-0.3, -0.25) is 9.59 Å². The van der Waals surface area contributed by atoms with Gasteiger partial charge in [0, 0.05) is 45.3 Å². The summed E-state index contributed by atoms with van der Waals surface area (Å²) in [6.45, 7) is 9.98. The molecule has 7 heteroatoms. The van der Waals surface area contributed by atoms with Crippen molar-refractivity contribution in [2.45, 2.75) is 13.8 Å². The Morgan fingerprint density at radius 3 is 2.59 bits per heavy atom. The zero-order valence-electron chi connectivity index (χ0n) is 13.0. The third-order valence-electron chi connectivity index (χ3n) is 3.49. The number of hydrogen-bond donors (Lipinski definition) is 1. The third kappa shape index (κ3) is 3.81. The highest BCUT2D eigenvalue weighted by atomic mass is 16.2. The Morgan fingerprint density at radius 1 is 1.32 bits per heavy atom. The summed E-state index contributed by atoms with van der Waals surface area (Å²) in [5, 5.41) is 2.71. The number of rotatable bonds is 4. The zero-order valence-corrected chi connectivity index (χ0v) is 13.0. The Morgan fingerprint density at radius 2 is 2.00 bits per heavy atom. The van der Waals surface area contributed by atoms with Gasteiger partial charge in [0.2, 0.25) is 11.9 Å². The lowest BCUT2D eigenvalue weighted by Crippen LogP contribution is -2.48. The number of hydrogen-bond acceptors (Lipinski definition) is 5. The number of carbonyl (C=O) groups excluding carboxylic acids is 2. The topological polar surface area (TPSA) is 78.4 Å². The highest BCUT2D eigenvalue weighted by molar-refractivity contribution is 5.92. The lowest BCUT2D eigenvalue weighted by atomic mass is 10.3. The van der Waals surface area contributed by atoms with Crippen LogP contribution in [0.25, 0.3) is 0 Å². The number of amides is 2. The van der Waals surface area contributed by atoms with E-state index in [4.69, 9.17) is 0 Å². The number of aryl methyl sites for hydroxylation is 1. The molecule has 1 aliphatic heterocycles. The fourth-order valence-electron chi connectivity index (χ4n) is 2.29. The van der Waals surface area contributed by atoms with Crippen molar-refractivity contribution >= 4 is 17.8 Å². The predicted octanol–water partition coefficient (Wildman–Crippen LogP) is 0.369. The summed E-state index contributed by atoms with van der Waals surface area (Å²) >= 11 is 0. The fourth-order valence-corrected chi connectivity index (χ4v) is 2.29. The van der Waals surface area contributed by atoms with E-state index in [2.05, 4.69) is 21.9 Å². The van der Waals surface area contributed by atoms with E-state index in [0.29, 0.717) is 44.4 Å². The van der Waals surface area contributed by atoms with Crippen LogP contribution in [0.1, 0.15) is 23.1 Å². The molecule has 2 heterocycles. The summed E-state index contributed by atoms with van der Waals surface area (Å²) < 4.78 is 0. The molecule has 0 unspecified atom stereocenters. The van der Waals surface area contributed by atoms with Gasteiger partial charge in [0.1, 0.15) is 5.69 Å². The summed E-state index contributed by atoms with van der Waals surface area (Å²) in [6.07, 6.45) is 1.62. The third-order valence-corrected chi connectivity index (χ3v) is 3.49. The summed E-state index contributed by atoms with van der Waals surface area (Å²) in [5.74, 6) is 0.371. The lowest BCUT2D eigenvalue weighted by Gasteiger charge is -2.34. The van der Waals surface area contributed by atoms with Crippen LogP contribution in [0.15, 0.2) is 18.7 Å². The maximum absolute atomic E-state index is 12.0. The number of piperazine rings is 1. The predicted molar refractivity (Wildman–Crippen MR) is 83.8 cm³/mol. The number of anilines is 1. The smallest absolute Gasteiger partial charge is 0.270 e. The van der Waals surface area contributed by atoms with Gasteiger partial charge in [0.05, 0.1) is 0 Å². The van der Waals surface area contributed by atoms with Crippen molar-refractivity contribution < 1.29 is 9.59 Å². The molecular weight excluding hydrogens is 282 g/mol. The monoisotopic (exact) mass is 303 g/mol. The van der Waals surface area contributed by atoms with E-state index in [0.717, 1.165) is 5.69 Å². The average molecular weight is 303 g/mol. The Kier molecular flexibility index (Phi) is 5.08. The molecule has 0 spiro atoms. The molecule has 2 amide bonds. The van der Waals surface area contributed by atoms with Gasteiger partial charge >= 0.3 is 0 Å². The standard InChI is InChI=1S/C15H21N5O2/c1-4-5-16-14(22)13-10-11(2)17-15(18-13)20-8-6-19(7-9-20)12(3)21/h4,10H,1,5-9H2,2-3H3,(H,16,22). The highest BCUT2D eigenvalue weighted by Gasteiger charge is 2.21. The minimum Gasteiger partial charge on any atom is -0.347 e. The first kappa shape index (κ1) is 15.9. The van der Waals surface area contributed by atoms with Gasteiger partial charge in [0.25, 0.3) is 5.91 Å². The Labute approximate surface area is 130 Å². The second-order valence-corrected chi connectivity index (χ2v) is 5.19. The van der Waals surface area contributed by atoms with Crippen LogP contribution in [0.4, 0.5) is 5.95 Å². The average Bonchev–Trinajstić information content (AvgIpc) is 2.52. The molecule has 0 aliphatic carbocycles. The first-order valence-electron chi connectivity index (χ1n) is 7.26. The largest absolute Gasteiger partial charge is 0.347 e. The van der Waals surface area contributed by atoms with Crippen molar-refractivity contribution in [1.82, 2.24) is 20.2 Å². The van der Waals surface area contributed by atoms with Crippen molar-refractivity contribution in [3.05, 3.63) is 30.1 Å². The molecule has 2 rings (SSSR count). The van der Waals surface area contributed by atoms with Gasteiger partial charge in [-0.25, -0.2) is 9.97 Å².